The Hall–Kier alpha value is -3.01. The van der Waals surface area contributed by atoms with Gasteiger partial charge in [-0.2, -0.15) is 5.10 Å². The van der Waals surface area contributed by atoms with Crippen molar-refractivity contribution in [2.45, 2.75) is 64.3 Å². The summed E-state index contributed by atoms with van der Waals surface area (Å²) in [5.74, 6) is 1.17. The van der Waals surface area contributed by atoms with Gasteiger partial charge in [0.1, 0.15) is 18.1 Å². The SMILES string of the molecule is COCCOc1cc2nn(C3CCN(CC4CCC5(CCNCC5)CC4)CC3)cc2cc1NC(=O)c1cccc(C)n1. The van der Waals surface area contributed by atoms with Crippen molar-refractivity contribution >= 4 is 22.5 Å². The molecule has 6 rings (SSSR count). The third-order valence-electron chi connectivity index (χ3n) is 9.82. The molecular weight excluding hydrogens is 528 g/mol. The number of piperidine rings is 2. The Morgan fingerprint density at radius 2 is 1.86 bits per heavy atom. The number of aromatic nitrogens is 3. The van der Waals surface area contributed by atoms with Gasteiger partial charge in [0.2, 0.25) is 0 Å². The summed E-state index contributed by atoms with van der Waals surface area (Å²) in [6, 6.07) is 9.70. The largest absolute Gasteiger partial charge is 0.489 e. The first-order valence-electron chi connectivity index (χ1n) is 15.8. The van der Waals surface area contributed by atoms with Crippen LogP contribution in [0.4, 0.5) is 5.69 Å². The van der Waals surface area contributed by atoms with Crippen LogP contribution in [0.1, 0.15) is 73.6 Å². The molecule has 1 aliphatic carbocycles. The zero-order chi connectivity index (χ0) is 28.9. The van der Waals surface area contributed by atoms with Crippen LogP contribution in [0.3, 0.4) is 0 Å². The van der Waals surface area contributed by atoms with E-state index < -0.39 is 0 Å². The Labute approximate surface area is 249 Å². The molecule has 226 valence electrons. The van der Waals surface area contributed by atoms with Gasteiger partial charge in [-0.15, -0.1) is 0 Å². The summed E-state index contributed by atoms with van der Waals surface area (Å²) < 4.78 is 13.3. The maximum atomic E-state index is 13.0. The molecule has 9 nitrogen and oxygen atoms in total. The number of methoxy groups -OCH3 is 1. The smallest absolute Gasteiger partial charge is 0.274 e. The number of pyridine rings is 1. The van der Waals surface area contributed by atoms with Gasteiger partial charge in [0.15, 0.2) is 0 Å². The van der Waals surface area contributed by atoms with Crippen molar-refractivity contribution in [3.05, 3.63) is 47.9 Å². The molecule has 9 heteroatoms. The Morgan fingerprint density at radius 1 is 1.07 bits per heavy atom. The van der Waals surface area contributed by atoms with Gasteiger partial charge >= 0.3 is 0 Å². The van der Waals surface area contributed by atoms with Crippen LogP contribution >= 0.6 is 0 Å². The number of ether oxygens (including phenoxy) is 2. The van der Waals surface area contributed by atoms with Crippen molar-refractivity contribution in [2.24, 2.45) is 11.3 Å². The fraction of sp³-hybridized carbons (Fsp3) is 0.606. The molecule has 1 spiro atoms. The average Bonchev–Trinajstić information content (AvgIpc) is 3.42. The van der Waals surface area contributed by atoms with E-state index >= 15 is 0 Å². The molecule has 2 N–H and O–H groups in total. The van der Waals surface area contributed by atoms with Crippen LogP contribution in [0.15, 0.2) is 36.5 Å². The standard InChI is InChI=1S/C33H46N6O3/c1-24-4-3-5-28(35-24)32(40)36-30-20-26-23-39(37-29(26)21-31(30)42-19-18-41-2)27-8-16-38(17-9-27)22-25-6-10-33(11-7-25)12-14-34-15-13-33/h3-5,20-21,23,25,27,34H,6-19,22H2,1-2H3,(H,36,40). The van der Waals surface area contributed by atoms with E-state index in [0.29, 0.717) is 41.8 Å². The highest BCUT2D eigenvalue weighted by Crippen LogP contribution is 2.45. The summed E-state index contributed by atoms with van der Waals surface area (Å²) in [5.41, 5.74) is 3.29. The Morgan fingerprint density at radius 3 is 2.60 bits per heavy atom. The molecule has 3 aromatic rings. The Balaban J connectivity index is 1.09. The van der Waals surface area contributed by atoms with Crippen LogP contribution in [-0.2, 0) is 4.74 Å². The average molecular weight is 575 g/mol. The number of fused-ring (bicyclic) bond motifs is 1. The molecule has 3 fully saturated rings. The number of rotatable bonds is 9. The summed E-state index contributed by atoms with van der Waals surface area (Å²) in [5, 5.41) is 12.5. The molecule has 2 aromatic heterocycles. The number of aryl methyl sites for hydroxylation is 1. The molecule has 1 amide bonds. The second-order valence-electron chi connectivity index (χ2n) is 12.7. The van der Waals surface area contributed by atoms with Gasteiger partial charge in [-0.1, -0.05) is 6.07 Å². The summed E-state index contributed by atoms with van der Waals surface area (Å²) in [6.45, 7) is 8.64. The van der Waals surface area contributed by atoms with Crippen molar-refractivity contribution in [3.63, 3.8) is 0 Å². The maximum absolute atomic E-state index is 13.0. The molecule has 3 aliphatic rings. The number of amides is 1. The molecule has 0 atom stereocenters. The van der Waals surface area contributed by atoms with Gasteiger partial charge in [0.05, 0.1) is 23.9 Å². The fourth-order valence-electron chi connectivity index (χ4n) is 7.23. The van der Waals surface area contributed by atoms with E-state index in [9.17, 15) is 4.79 Å². The van der Waals surface area contributed by atoms with E-state index in [1.807, 2.05) is 31.2 Å². The van der Waals surface area contributed by atoms with Gasteiger partial charge in [0, 0.05) is 50.1 Å². The molecule has 1 saturated carbocycles. The normalized spacial score (nSPS) is 20.2. The number of likely N-dealkylation sites (tertiary alicyclic amines) is 1. The fourth-order valence-corrected chi connectivity index (χ4v) is 7.23. The number of nitrogens with zero attached hydrogens (tertiary/aromatic N) is 4. The number of carbonyl (C=O) groups excluding carboxylic acids is 1. The molecular formula is C33H46N6O3. The van der Waals surface area contributed by atoms with Crippen molar-refractivity contribution in [1.29, 1.82) is 0 Å². The van der Waals surface area contributed by atoms with Crippen LogP contribution in [0.2, 0.25) is 0 Å². The molecule has 1 aromatic carbocycles. The summed E-state index contributed by atoms with van der Waals surface area (Å²) in [6.07, 6.45) is 12.7. The highest BCUT2D eigenvalue weighted by Gasteiger charge is 2.36. The number of benzene rings is 1. The maximum Gasteiger partial charge on any atom is 0.274 e. The van der Waals surface area contributed by atoms with Crippen LogP contribution in [0, 0.1) is 18.3 Å². The lowest BCUT2D eigenvalue weighted by Crippen LogP contribution is -2.42. The molecule has 42 heavy (non-hydrogen) atoms. The van der Waals surface area contributed by atoms with Gasteiger partial charge in [-0.05, 0) is 101 Å². The number of nitrogens with one attached hydrogen (secondary N) is 2. The lowest BCUT2D eigenvalue weighted by molar-refractivity contribution is 0.0781. The second kappa shape index (κ2) is 13.1. The van der Waals surface area contributed by atoms with E-state index in [0.717, 1.165) is 48.4 Å². The summed E-state index contributed by atoms with van der Waals surface area (Å²) >= 11 is 0. The van der Waals surface area contributed by atoms with Crippen LogP contribution in [0.5, 0.6) is 5.75 Å². The number of anilines is 1. The minimum absolute atomic E-state index is 0.265. The van der Waals surface area contributed by atoms with Crippen LogP contribution < -0.4 is 15.4 Å². The third-order valence-corrected chi connectivity index (χ3v) is 9.82. The van der Waals surface area contributed by atoms with E-state index in [4.69, 9.17) is 14.6 Å². The van der Waals surface area contributed by atoms with Gasteiger partial charge in [-0.3, -0.25) is 9.48 Å². The lowest BCUT2D eigenvalue weighted by atomic mass is 9.65. The zero-order valence-corrected chi connectivity index (χ0v) is 25.2. The molecule has 0 unspecified atom stereocenters. The minimum atomic E-state index is -0.265. The second-order valence-corrected chi connectivity index (χ2v) is 12.7. The number of hydrogen-bond donors (Lipinski definition) is 2. The first-order chi connectivity index (χ1) is 20.5. The van der Waals surface area contributed by atoms with Crippen molar-refractivity contribution in [3.8, 4) is 5.75 Å². The zero-order valence-electron chi connectivity index (χ0n) is 25.2. The predicted molar refractivity (Wildman–Crippen MR) is 165 cm³/mol. The van der Waals surface area contributed by atoms with Gasteiger partial charge < -0.3 is 25.0 Å². The number of hydrogen-bond acceptors (Lipinski definition) is 7. The van der Waals surface area contributed by atoms with Crippen molar-refractivity contribution < 1.29 is 14.3 Å². The van der Waals surface area contributed by atoms with E-state index in [1.54, 1.807) is 13.2 Å². The highest BCUT2D eigenvalue weighted by atomic mass is 16.5. The van der Waals surface area contributed by atoms with E-state index in [1.165, 1.54) is 58.2 Å². The monoisotopic (exact) mass is 574 g/mol. The quantitative estimate of drug-likeness (QED) is 0.339. The minimum Gasteiger partial charge on any atom is -0.489 e. The highest BCUT2D eigenvalue weighted by molar-refractivity contribution is 6.05. The number of carbonyl (C=O) groups is 1. The van der Waals surface area contributed by atoms with E-state index in [-0.39, 0.29) is 5.91 Å². The molecule has 4 heterocycles. The lowest BCUT2D eigenvalue weighted by Gasteiger charge is -2.44. The van der Waals surface area contributed by atoms with Crippen LogP contribution in [-0.4, -0.2) is 78.6 Å². The molecule has 0 radical (unpaired) electrons. The van der Waals surface area contributed by atoms with E-state index in [2.05, 4.69) is 31.4 Å². The van der Waals surface area contributed by atoms with Crippen molar-refractivity contribution in [1.82, 2.24) is 25.0 Å². The first kappa shape index (κ1) is 29.1. The topological polar surface area (TPSA) is 93.5 Å². The van der Waals surface area contributed by atoms with Crippen molar-refractivity contribution in [2.75, 3.05) is 58.4 Å². The molecule has 2 saturated heterocycles. The summed E-state index contributed by atoms with van der Waals surface area (Å²) in [7, 11) is 1.64. The van der Waals surface area contributed by atoms with Gasteiger partial charge in [0.25, 0.3) is 5.91 Å². The first-order valence-corrected chi connectivity index (χ1v) is 15.8. The predicted octanol–water partition coefficient (Wildman–Crippen LogP) is 5.21. The molecule has 2 aliphatic heterocycles. The molecule has 0 bridgehead atoms. The van der Waals surface area contributed by atoms with Gasteiger partial charge in [-0.25, -0.2) is 4.98 Å². The Kier molecular flexibility index (Phi) is 9.07. The summed E-state index contributed by atoms with van der Waals surface area (Å²) in [4.78, 5) is 20.1. The Bertz CT molecular complexity index is 1350. The van der Waals surface area contributed by atoms with Crippen LogP contribution in [0.25, 0.3) is 10.9 Å². The third kappa shape index (κ3) is 6.79.